The Hall–Kier alpha value is -2.33. The van der Waals surface area contributed by atoms with Gasteiger partial charge in [-0.1, -0.05) is 0 Å². The van der Waals surface area contributed by atoms with Gasteiger partial charge in [-0.2, -0.15) is 5.26 Å². The van der Waals surface area contributed by atoms with Crippen LogP contribution in [-0.4, -0.2) is 42.9 Å². The van der Waals surface area contributed by atoms with Crippen LogP contribution in [0.1, 0.15) is 16.8 Å². The molecule has 0 radical (unpaired) electrons. The monoisotopic (exact) mass is 264 g/mol. The Balaban J connectivity index is 3.04. The number of aromatic carboxylic acids is 1. The van der Waals surface area contributed by atoms with Gasteiger partial charge >= 0.3 is 5.97 Å². The number of carboxylic acids is 1. The smallest absolute Gasteiger partial charge is 0.337 e. The molecule has 0 bridgehead atoms. The Morgan fingerprint density at radius 2 is 2.37 bits per heavy atom. The average Bonchev–Trinajstić information content (AvgIpc) is 2.39. The van der Waals surface area contributed by atoms with Gasteiger partial charge in [-0.3, -0.25) is 0 Å². The van der Waals surface area contributed by atoms with E-state index in [1.807, 2.05) is 6.07 Å². The number of hydrogen-bond donors (Lipinski definition) is 2. The molecule has 0 unspecified atom stereocenters. The average molecular weight is 264 g/mol. The molecule has 0 atom stereocenters. The summed E-state index contributed by atoms with van der Waals surface area (Å²) in [5, 5.41) is 17.7. The second-order valence-electron chi connectivity index (χ2n) is 3.79. The van der Waals surface area contributed by atoms with E-state index in [0.717, 1.165) is 0 Å². The standard InChI is InChI=1S/C12H16N4O3/c1-19-8-7-16(6-2-4-13)11-10(14)9(12(17)18)3-5-15-11/h3,5H,2,6-8,14H2,1H3,(H,17,18). The lowest BCUT2D eigenvalue weighted by molar-refractivity contribution is 0.0698. The molecule has 3 N–H and O–H groups in total. The van der Waals surface area contributed by atoms with Crippen LogP contribution in [0.15, 0.2) is 12.3 Å². The lowest BCUT2D eigenvalue weighted by Gasteiger charge is -2.24. The van der Waals surface area contributed by atoms with Gasteiger partial charge in [0.05, 0.1) is 30.3 Å². The van der Waals surface area contributed by atoms with Crippen molar-refractivity contribution in [1.82, 2.24) is 4.98 Å². The molecule has 102 valence electrons. The van der Waals surface area contributed by atoms with Crippen molar-refractivity contribution >= 4 is 17.5 Å². The first-order valence-electron chi connectivity index (χ1n) is 5.70. The first kappa shape index (κ1) is 14.7. The Bertz CT molecular complexity index is 484. The molecule has 1 heterocycles. The van der Waals surface area contributed by atoms with Crippen molar-refractivity contribution in [1.29, 1.82) is 5.26 Å². The minimum absolute atomic E-state index is 0.00405. The molecule has 1 aromatic heterocycles. The predicted molar refractivity (Wildman–Crippen MR) is 69.9 cm³/mol. The quantitative estimate of drug-likeness (QED) is 0.746. The van der Waals surface area contributed by atoms with Crippen molar-refractivity contribution in [2.24, 2.45) is 0 Å². The van der Waals surface area contributed by atoms with Gasteiger partial charge in [0, 0.05) is 26.4 Å². The van der Waals surface area contributed by atoms with Crippen LogP contribution in [0.4, 0.5) is 11.5 Å². The van der Waals surface area contributed by atoms with Gasteiger partial charge in [0.1, 0.15) is 0 Å². The minimum Gasteiger partial charge on any atom is -0.478 e. The highest BCUT2D eigenvalue weighted by atomic mass is 16.5. The van der Waals surface area contributed by atoms with Crippen molar-refractivity contribution in [3.63, 3.8) is 0 Å². The molecule has 0 aliphatic heterocycles. The largest absolute Gasteiger partial charge is 0.478 e. The van der Waals surface area contributed by atoms with Crippen LogP contribution < -0.4 is 10.6 Å². The molecule has 19 heavy (non-hydrogen) atoms. The molecule has 0 aliphatic carbocycles. The van der Waals surface area contributed by atoms with Crippen LogP contribution in [0.3, 0.4) is 0 Å². The van der Waals surface area contributed by atoms with E-state index in [-0.39, 0.29) is 11.3 Å². The third-order valence-corrected chi connectivity index (χ3v) is 2.56. The lowest BCUT2D eigenvalue weighted by Crippen LogP contribution is -2.30. The van der Waals surface area contributed by atoms with E-state index in [4.69, 9.17) is 20.8 Å². The molecule has 7 heteroatoms. The summed E-state index contributed by atoms with van der Waals surface area (Å²) >= 11 is 0. The van der Waals surface area contributed by atoms with Gasteiger partial charge in [0.15, 0.2) is 5.82 Å². The van der Waals surface area contributed by atoms with Crippen molar-refractivity contribution < 1.29 is 14.6 Å². The number of hydrogen-bond acceptors (Lipinski definition) is 6. The number of carbonyl (C=O) groups is 1. The highest BCUT2D eigenvalue weighted by Gasteiger charge is 2.17. The summed E-state index contributed by atoms with van der Waals surface area (Å²) in [4.78, 5) is 16.9. The van der Waals surface area contributed by atoms with Gasteiger partial charge in [0.2, 0.25) is 0 Å². The van der Waals surface area contributed by atoms with Crippen LogP contribution in [0, 0.1) is 11.3 Å². The number of nitrogens with two attached hydrogens (primary N) is 1. The molecule has 0 amide bonds. The number of aromatic nitrogens is 1. The van der Waals surface area contributed by atoms with E-state index in [1.165, 1.54) is 12.3 Å². The fourth-order valence-electron chi connectivity index (χ4n) is 1.61. The van der Waals surface area contributed by atoms with Crippen molar-refractivity contribution in [2.75, 3.05) is 37.4 Å². The number of nitrogens with zero attached hydrogens (tertiary/aromatic N) is 3. The first-order valence-corrected chi connectivity index (χ1v) is 5.70. The Morgan fingerprint density at radius 1 is 1.63 bits per heavy atom. The van der Waals surface area contributed by atoms with Crippen LogP contribution in [-0.2, 0) is 4.74 Å². The van der Waals surface area contributed by atoms with Gasteiger partial charge in [-0.25, -0.2) is 9.78 Å². The number of pyridine rings is 1. The van der Waals surface area contributed by atoms with E-state index in [9.17, 15) is 4.79 Å². The molecule has 0 fully saturated rings. The molecule has 7 nitrogen and oxygen atoms in total. The van der Waals surface area contributed by atoms with Crippen LogP contribution in [0.2, 0.25) is 0 Å². The van der Waals surface area contributed by atoms with Crippen molar-refractivity contribution in [3.05, 3.63) is 17.8 Å². The molecular weight excluding hydrogens is 248 g/mol. The topological polar surface area (TPSA) is 112 Å². The van der Waals surface area contributed by atoms with Gasteiger partial charge in [-0.15, -0.1) is 0 Å². The number of nitriles is 1. The summed E-state index contributed by atoms with van der Waals surface area (Å²) < 4.78 is 4.98. The highest BCUT2D eigenvalue weighted by molar-refractivity contribution is 5.96. The number of nitrogen functional groups attached to an aromatic ring is 1. The molecule has 1 aromatic rings. The second-order valence-corrected chi connectivity index (χ2v) is 3.79. The normalized spacial score (nSPS) is 9.89. The van der Waals surface area contributed by atoms with Gasteiger partial charge < -0.3 is 20.5 Å². The predicted octanol–water partition coefficient (Wildman–Crippen LogP) is 0.728. The van der Waals surface area contributed by atoms with Crippen LogP contribution in [0.25, 0.3) is 0 Å². The summed E-state index contributed by atoms with van der Waals surface area (Å²) in [6, 6.07) is 3.38. The number of rotatable bonds is 7. The maximum absolute atomic E-state index is 11.0. The number of carboxylic acid groups (broad SMARTS) is 1. The molecular formula is C12H16N4O3. The maximum atomic E-state index is 11.0. The maximum Gasteiger partial charge on any atom is 0.337 e. The highest BCUT2D eigenvalue weighted by Crippen LogP contribution is 2.24. The Morgan fingerprint density at radius 3 is 2.95 bits per heavy atom. The Kier molecular flexibility index (Phi) is 5.57. The summed E-state index contributed by atoms with van der Waals surface area (Å²) in [6.07, 6.45) is 1.68. The molecule has 0 aromatic carbocycles. The second kappa shape index (κ2) is 7.18. The summed E-state index contributed by atoms with van der Waals surface area (Å²) in [5.41, 5.74) is 5.92. The third kappa shape index (κ3) is 3.82. The van der Waals surface area contributed by atoms with Crippen LogP contribution in [0.5, 0.6) is 0 Å². The van der Waals surface area contributed by atoms with Crippen molar-refractivity contribution in [3.8, 4) is 6.07 Å². The molecule has 0 aliphatic rings. The number of anilines is 2. The van der Waals surface area contributed by atoms with Gasteiger partial charge in [-0.05, 0) is 6.07 Å². The first-order chi connectivity index (χ1) is 9.11. The SMILES string of the molecule is COCCN(CCC#N)c1nccc(C(=O)O)c1N. The fourth-order valence-corrected chi connectivity index (χ4v) is 1.61. The fraction of sp³-hybridized carbons (Fsp3) is 0.417. The zero-order chi connectivity index (χ0) is 14.3. The summed E-state index contributed by atoms with van der Waals surface area (Å²) in [5.74, 6) is -0.736. The van der Waals surface area contributed by atoms with E-state index in [2.05, 4.69) is 4.98 Å². The zero-order valence-corrected chi connectivity index (χ0v) is 10.7. The van der Waals surface area contributed by atoms with E-state index in [1.54, 1.807) is 12.0 Å². The number of ether oxygens (including phenoxy) is 1. The molecule has 0 spiro atoms. The van der Waals surface area contributed by atoms with Crippen molar-refractivity contribution in [2.45, 2.75) is 6.42 Å². The van der Waals surface area contributed by atoms with Gasteiger partial charge in [0.25, 0.3) is 0 Å². The molecule has 0 saturated heterocycles. The van der Waals surface area contributed by atoms with Crippen LogP contribution >= 0.6 is 0 Å². The lowest BCUT2D eigenvalue weighted by atomic mass is 10.2. The van der Waals surface area contributed by atoms with E-state index < -0.39 is 5.97 Å². The molecule has 0 saturated carbocycles. The minimum atomic E-state index is -1.10. The van der Waals surface area contributed by atoms with E-state index in [0.29, 0.717) is 31.9 Å². The Labute approximate surface area is 111 Å². The molecule has 1 rings (SSSR count). The zero-order valence-electron chi connectivity index (χ0n) is 10.7. The summed E-state index contributed by atoms with van der Waals surface area (Å²) in [6.45, 7) is 1.34. The third-order valence-electron chi connectivity index (χ3n) is 2.56. The summed E-state index contributed by atoms with van der Waals surface area (Å²) in [7, 11) is 1.56. The van der Waals surface area contributed by atoms with E-state index >= 15 is 0 Å². The number of methoxy groups -OCH3 is 1.